The molecule has 0 fully saturated rings. The second-order valence-corrected chi connectivity index (χ2v) is 45.0. The zero-order chi connectivity index (χ0) is 37.1. The van der Waals surface area contributed by atoms with E-state index < -0.39 is 36.8 Å². The summed E-state index contributed by atoms with van der Waals surface area (Å²) in [7, 11) is 0. The van der Waals surface area contributed by atoms with Crippen LogP contribution in [0.15, 0.2) is 83.0 Å². The van der Waals surface area contributed by atoms with Gasteiger partial charge in [-0.2, -0.15) is 0 Å². The van der Waals surface area contributed by atoms with Crippen LogP contribution >= 0.6 is 0 Å². The first-order valence-electron chi connectivity index (χ1n) is 22.4. The van der Waals surface area contributed by atoms with Crippen molar-refractivity contribution in [2.24, 2.45) is 0 Å². The van der Waals surface area contributed by atoms with Crippen molar-refractivity contribution in [3.05, 3.63) is 83.0 Å². The number of nitrogens with zero attached hydrogens (tertiary/aromatic N) is 2. The molecule has 0 saturated heterocycles. The van der Waals surface area contributed by atoms with E-state index >= 15 is 0 Å². The van der Waals surface area contributed by atoms with Gasteiger partial charge in [0.2, 0.25) is 0 Å². The first-order valence-corrected chi connectivity index (χ1v) is 38.6. The molecule has 2 heterocycles. The number of hydrogen-bond acceptors (Lipinski definition) is 2. The average Bonchev–Trinajstić information content (AvgIpc) is 3.78. The number of para-hydroxylation sites is 2. The molecular formula is C48H80N2Sn2. The van der Waals surface area contributed by atoms with Crippen molar-refractivity contribution in [1.29, 1.82) is 0 Å². The molecule has 0 spiro atoms. The van der Waals surface area contributed by atoms with Gasteiger partial charge in [-0.1, -0.05) is 0 Å². The Labute approximate surface area is 331 Å². The zero-order valence-corrected chi connectivity index (χ0v) is 40.8. The third kappa shape index (κ3) is 13.4. The van der Waals surface area contributed by atoms with Crippen LogP contribution in [-0.4, -0.2) is 62.9 Å². The van der Waals surface area contributed by atoms with Gasteiger partial charge >= 0.3 is 334 Å². The molecule has 0 aromatic heterocycles. The number of anilines is 2. The first kappa shape index (κ1) is 43.8. The Morgan fingerprint density at radius 3 is 0.923 bits per heavy atom. The molecule has 0 saturated carbocycles. The van der Waals surface area contributed by atoms with E-state index in [0.29, 0.717) is 0 Å². The summed E-state index contributed by atoms with van der Waals surface area (Å²) in [5.74, 6) is 0. The maximum absolute atomic E-state index is 2.75. The maximum atomic E-state index is 2.75. The van der Waals surface area contributed by atoms with Crippen molar-refractivity contribution < 1.29 is 0 Å². The molecule has 2 aromatic rings. The monoisotopic (exact) mass is 924 g/mol. The number of hydrogen-bond donors (Lipinski definition) is 0. The minimum absolute atomic E-state index is 1.16. The predicted molar refractivity (Wildman–Crippen MR) is 240 cm³/mol. The van der Waals surface area contributed by atoms with E-state index in [2.05, 4.69) is 112 Å². The Hall–Kier alpha value is -0.883. The normalized spacial score (nSPS) is 15.5. The predicted octanol–water partition coefficient (Wildman–Crippen LogP) is 15.1. The molecule has 0 aliphatic carbocycles. The molecule has 2 aliphatic rings. The van der Waals surface area contributed by atoms with Gasteiger partial charge in [-0.15, -0.1) is 0 Å². The molecule has 0 unspecified atom stereocenters. The SMILES string of the molecule is CCC[CH2][Sn]([CH2]CCC)([CH2]CCC)[CH2]C1=C(CCC2=C([CH2][Sn]([CH2]CCC)([CH2]CCC)[CH2]CCC)CN(c3ccccc3)C2)CN(c2ccccc2)C1. The van der Waals surface area contributed by atoms with Crippen LogP contribution in [0.1, 0.15) is 131 Å². The molecule has 2 aromatic carbocycles. The van der Waals surface area contributed by atoms with Crippen LogP contribution in [0.5, 0.6) is 0 Å². The summed E-state index contributed by atoms with van der Waals surface area (Å²) >= 11 is -4.70. The first-order chi connectivity index (χ1) is 25.4. The Morgan fingerprint density at radius 2 is 0.654 bits per heavy atom. The van der Waals surface area contributed by atoms with Crippen LogP contribution in [0.2, 0.25) is 35.5 Å². The average molecular weight is 923 g/mol. The minimum atomic E-state index is -2.35. The zero-order valence-electron chi connectivity index (χ0n) is 35.1. The number of benzene rings is 2. The van der Waals surface area contributed by atoms with Gasteiger partial charge in [0.05, 0.1) is 0 Å². The Kier molecular flexibility index (Phi) is 20.2. The molecule has 0 bridgehead atoms. The molecule has 0 N–H and O–H groups in total. The van der Waals surface area contributed by atoms with Crippen molar-refractivity contribution >= 4 is 48.1 Å². The van der Waals surface area contributed by atoms with Gasteiger partial charge in [0.25, 0.3) is 0 Å². The van der Waals surface area contributed by atoms with E-state index in [4.69, 9.17) is 0 Å². The molecule has 52 heavy (non-hydrogen) atoms. The van der Waals surface area contributed by atoms with E-state index in [9.17, 15) is 0 Å². The van der Waals surface area contributed by atoms with Crippen LogP contribution in [0, 0.1) is 0 Å². The fraction of sp³-hybridized carbons (Fsp3) is 0.667. The van der Waals surface area contributed by atoms with Gasteiger partial charge < -0.3 is 0 Å². The van der Waals surface area contributed by atoms with Crippen molar-refractivity contribution in [1.82, 2.24) is 0 Å². The number of unbranched alkanes of at least 4 members (excludes halogenated alkanes) is 6. The summed E-state index contributed by atoms with van der Waals surface area (Å²) < 4.78 is 12.8. The van der Waals surface area contributed by atoms with E-state index in [1.165, 1.54) is 114 Å². The van der Waals surface area contributed by atoms with Gasteiger partial charge in [0.15, 0.2) is 0 Å². The van der Waals surface area contributed by atoms with Gasteiger partial charge in [-0.3, -0.25) is 0 Å². The van der Waals surface area contributed by atoms with Crippen LogP contribution in [0.4, 0.5) is 11.4 Å². The van der Waals surface area contributed by atoms with Crippen molar-refractivity contribution in [3.63, 3.8) is 0 Å². The summed E-state index contributed by atoms with van der Waals surface area (Å²) in [6, 6.07) is 22.9. The molecule has 0 radical (unpaired) electrons. The molecule has 2 nitrogen and oxygen atoms in total. The van der Waals surface area contributed by atoms with E-state index in [-0.39, 0.29) is 0 Å². The Morgan fingerprint density at radius 1 is 0.385 bits per heavy atom. The Bertz CT molecular complexity index is 1190. The van der Waals surface area contributed by atoms with Crippen molar-refractivity contribution in [2.45, 2.75) is 167 Å². The molecule has 290 valence electrons. The summed E-state index contributed by atoms with van der Waals surface area (Å²) in [5, 5.41) is 0. The van der Waals surface area contributed by atoms with E-state index in [1.807, 2.05) is 22.3 Å². The van der Waals surface area contributed by atoms with Crippen LogP contribution < -0.4 is 9.80 Å². The Balaban J connectivity index is 1.69. The van der Waals surface area contributed by atoms with Gasteiger partial charge in [-0.05, 0) is 0 Å². The molecule has 0 amide bonds. The van der Waals surface area contributed by atoms with Crippen LogP contribution in [0.25, 0.3) is 0 Å². The van der Waals surface area contributed by atoms with Crippen molar-refractivity contribution in [3.8, 4) is 0 Å². The molecule has 4 heteroatoms. The summed E-state index contributed by atoms with van der Waals surface area (Å²) in [4.78, 5) is 5.51. The van der Waals surface area contributed by atoms with Gasteiger partial charge in [-0.25, -0.2) is 0 Å². The molecule has 4 rings (SSSR count). The van der Waals surface area contributed by atoms with Crippen LogP contribution in [0.3, 0.4) is 0 Å². The fourth-order valence-corrected chi connectivity index (χ4v) is 43.2. The second-order valence-electron chi connectivity index (χ2n) is 17.3. The third-order valence-electron chi connectivity index (χ3n) is 13.0. The quantitative estimate of drug-likeness (QED) is 0.0651. The van der Waals surface area contributed by atoms with Crippen LogP contribution in [-0.2, 0) is 0 Å². The summed E-state index contributed by atoms with van der Waals surface area (Å²) in [5.41, 5.74) is 10.4. The molecular weight excluding hydrogens is 842 g/mol. The van der Waals surface area contributed by atoms with E-state index in [0.717, 1.165) is 13.1 Å². The molecule has 2 aliphatic heterocycles. The standard InChI is InChI=1S/C24H26N2.6C4H9.2Sn/c1-19-15-25(23-9-5-3-6-10-23)17-21(19)13-14-22-18-26(16-20(22)2)24-11-7-4-8-12-24;6*1-3-4-2;;/h3-12H,1-2,13-18H2;6*1,3-4H2,2H3;;. The fourth-order valence-electron chi connectivity index (χ4n) is 9.79. The topological polar surface area (TPSA) is 6.48 Å². The second kappa shape index (κ2) is 23.9. The van der Waals surface area contributed by atoms with Crippen molar-refractivity contribution in [2.75, 3.05) is 36.0 Å². The molecule has 0 atom stereocenters. The van der Waals surface area contributed by atoms with Gasteiger partial charge in [0, 0.05) is 0 Å². The number of rotatable bonds is 27. The van der Waals surface area contributed by atoms with E-state index in [1.54, 1.807) is 35.5 Å². The summed E-state index contributed by atoms with van der Waals surface area (Å²) in [6.07, 6.45) is 19.6. The van der Waals surface area contributed by atoms with Gasteiger partial charge in [0.1, 0.15) is 0 Å². The summed E-state index contributed by atoms with van der Waals surface area (Å²) in [6.45, 7) is 19.3. The third-order valence-corrected chi connectivity index (χ3v) is 44.0.